The predicted octanol–water partition coefficient (Wildman–Crippen LogP) is 2.72. The summed E-state index contributed by atoms with van der Waals surface area (Å²) in [6.45, 7) is 2.23. The fourth-order valence-corrected chi connectivity index (χ4v) is 2.80. The molecule has 3 atom stereocenters. The SMILES string of the molecule is CC1CC(CCS(C)=O)=CC(Cl)C1. The van der Waals surface area contributed by atoms with Gasteiger partial charge in [-0.25, -0.2) is 0 Å². The molecule has 0 N–H and O–H groups in total. The van der Waals surface area contributed by atoms with Gasteiger partial charge in [0.05, 0.1) is 5.38 Å². The Kier molecular flexibility index (Phi) is 4.47. The summed E-state index contributed by atoms with van der Waals surface area (Å²) in [6.07, 6.45) is 7.08. The zero-order chi connectivity index (χ0) is 9.84. The molecule has 1 rings (SSSR count). The molecule has 1 aliphatic rings. The highest BCUT2D eigenvalue weighted by Gasteiger charge is 2.17. The monoisotopic (exact) mass is 220 g/mol. The van der Waals surface area contributed by atoms with Gasteiger partial charge in [0.25, 0.3) is 0 Å². The van der Waals surface area contributed by atoms with Gasteiger partial charge < -0.3 is 0 Å². The largest absolute Gasteiger partial charge is 0.260 e. The van der Waals surface area contributed by atoms with Crippen molar-refractivity contribution in [1.82, 2.24) is 0 Å². The standard InChI is InChI=1S/C10H17ClOS/c1-8-5-9(3-4-13(2)12)7-10(11)6-8/h7-8,10H,3-6H2,1-2H3. The molecular weight excluding hydrogens is 204 g/mol. The average Bonchev–Trinajstić information content (AvgIpc) is 1.99. The number of halogens is 1. The normalized spacial score (nSPS) is 31.2. The summed E-state index contributed by atoms with van der Waals surface area (Å²) in [5.74, 6) is 1.47. The van der Waals surface area contributed by atoms with E-state index in [1.807, 2.05) is 0 Å². The first-order valence-corrected chi connectivity index (χ1v) is 6.88. The van der Waals surface area contributed by atoms with Crippen LogP contribution in [0.3, 0.4) is 0 Å². The fourth-order valence-electron chi connectivity index (χ4n) is 1.77. The van der Waals surface area contributed by atoms with E-state index in [2.05, 4.69) is 13.0 Å². The molecule has 0 amide bonds. The van der Waals surface area contributed by atoms with Crippen LogP contribution in [0.2, 0.25) is 0 Å². The third-order valence-electron chi connectivity index (χ3n) is 2.37. The zero-order valence-electron chi connectivity index (χ0n) is 8.25. The minimum absolute atomic E-state index is 0.198. The first-order valence-electron chi connectivity index (χ1n) is 4.71. The minimum Gasteiger partial charge on any atom is -0.260 e. The van der Waals surface area contributed by atoms with E-state index in [1.54, 1.807) is 6.26 Å². The van der Waals surface area contributed by atoms with Crippen LogP contribution in [0.1, 0.15) is 26.2 Å². The Bertz CT molecular complexity index is 225. The van der Waals surface area contributed by atoms with Gasteiger partial charge in [-0.1, -0.05) is 18.6 Å². The van der Waals surface area contributed by atoms with E-state index in [9.17, 15) is 4.21 Å². The first kappa shape index (κ1) is 11.3. The fraction of sp³-hybridized carbons (Fsp3) is 0.800. The van der Waals surface area contributed by atoms with E-state index < -0.39 is 10.8 Å². The maximum Gasteiger partial charge on any atom is 0.0521 e. The Morgan fingerprint density at radius 1 is 1.69 bits per heavy atom. The van der Waals surface area contributed by atoms with Crippen LogP contribution in [0.15, 0.2) is 11.6 Å². The number of hydrogen-bond acceptors (Lipinski definition) is 1. The number of hydrogen-bond donors (Lipinski definition) is 0. The number of rotatable bonds is 3. The van der Waals surface area contributed by atoms with Gasteiger partial charge in [-0.05, 0) is 25.2 Å². The van der Waals surface area contributed by atoms with Gasteiger partial charge in [-0.15, -0.1) is 11.6 Å². The second-order valence-corrected chi connectivity index (χ2v) is 6.03. The molecule has 76 valence electrons. The van der Waals surface area contributed by atoms with E-state index in [1.165, 1.54) is 5.57 Å². The van der Waals surface area contributed by atoms with Crippen molar-refractivity contribution in [3.05, 3.63) is 11.6 Å². The topological polar surface area (TPSA) is 17.1 Å². The van der Waals surface area contributed by atoms with Gasteiger partial charge in [0, 0.05) is 22.8 Å². The second-order valence-electron chi connectivity index (χ2n) is 3.91. The summed E-state index contributed by atoms with van der Waals surface area (Å²) in [6, 6.07) is 0. The summed E-state index contributed by atoms with van der Waals surface area (Å²) in [4.78, 5) is 0. The maximum absolute atomic E-state index is 10.9. The summed E-state index contributed by atoms with van der Waals surface area (Å²) < 4.78 is 10.9. The van der Waals surface area contributed by atoms with Crippen LogP contribution in [-0.4, -0.2) is 21.6 Å². The number of alkyl halides is 1. The van der Waals surface area contributed by atoms with E-state index in [-0.39, 0.29) is 5.38 Å². The van der Waals surface area contributed by atoms with Gasteiger partial charge in [0.1, 0.15) is 0 Å². The molecule has 0 heterocycles. The average molecular weight is 221 g/mol. The molecule has 1 nitrogen and oxygen atoms in total. The predicted molar refractivity (Wildman–Crippen MR) is 59.7 cm³/mol. The quantitative estimate of drug-likeness (QED) is 0.528. The van der Waals surface area contributed by atoms with Crippen molar-refractivity contribution >= 4 is 22.4 Å². The molecule has 0 saturated heterocycles. The highest BCUT2D eigenvalue weighted by atomic mass is 35.5. The van der Waals surface area contributed by atoms with Crippen LogP contribution >= 0.6 is 11.6 Å². The Balaban J connectivity index is 2.44. The van der Waals surface area contributed by atoms with E-state index in [0.717, 1.165) is 25.0 Å². The summed E-state index contributed by atoms with van der Waals surface area (Å²) in [5.41, 5.74) is 1.40. The van der Waals surface area contributed by atoms with Crippen LogP contribution < -0.4 is 0 Å². The lowest BCUT2D eigenvalue weighted by Gasteiger charge is -2.22. The Morgan fingerprint density at radius 3 is 2.92 bits per heavy atom. The molecule has 3 unspecified atom stereocenters. The first-order chi connectivity index (χ1) is 6.08. The lowest BCUT2D eigenvalue weighted by Crippen LogP contribution is -2.13. The Labute approximate surface area is 88.0 Å². The molecule has 0 aromatic carbocycles. The molecule has 0 aliphatic heterocycles. The van der Waals surface area contributed by atoms with Crippen LogP contribution in [0.25, 0.3) is 0 Å². The van der Waals surface area contributed by atoms with E-state index in [4.69, 9.17) is 11.6 Å². The molecule has 0 fully saturated rings. The van der Waals surface area contributed by atoms with Gasteiger partial charge in [-0.2, -0.15) is 0 Å². The molecule has 1 aliphatic carbocycles. The third-order valence-corrected chi connectivity index (χ3v) is 3.45. The van der Waals surface area contributed by atoms with Crippen molar-refractivity contribution in [1.29, 1.82) is 0 Å². The van der Waals surface area contributed by atoms with Gasteiger partial charge in [0.15, 0.2) is 0 Å². The summed E-state index contributed by atoms with van der Waals surface area (Å²) in [5, 5.41) is 0.198. The van der Waals surface area contributed by atoms with Gasteiger partial charge in [-0.3, -0.25) is 4.21 Å². The molecular formula is C10H17ClOS. The maximum atomic E-state index is 10.9. The van der Waals surface area contributed by atoms with Crippen molar-refractivity contribution in [3.8, 4) is 0 Å². The van der Waals surface area contributed by atoms with E-state index >= 15 is 0 Å². The number of allylic oxidation sites excluding steroid dienone is 2. The lowest BCUT2D eigenvalue weighted by molar-refractivity contribution is 0.506. The smallest absolute Gasteiger partial charge is 0.0521 e. The van der Waals surface area contributed by atoms with Crippen molar-refractivity contribution in [2.24, 2.45) is 5.92 Å². The van der Waals surface area contributed by atoms with Gasteiger partial charge in [0.2, 0.25) is 0 Å². The van der Waals surface area contributed by atoms with Gasteiger partial charge >= 0.3 is 0 Å². The van der Waals surface area contributed by atoms with Crippen molar-refractivity contribution in [2.45, 2.75) is 31.6 Å². The van der Waals surface area contributed by atoms with Crippen LogP contribution in [-0.2, 0) is 10.8 Å². The van der Waals surface area contributed by atoms with Crippen LogP contribution in [0.4, 0.5) is 0 Å². The highest BCUT2D eigenvalue weighted by Crippen LogP contribution is 2.28. The molecule has 0 aromatic rings. The zero-order valence-corrected chi connectivity index (χ0v) is 9.83. The summed E-state index contributed by atoms with van der Waals surface area (Å²) >= 11 is 6.07. The molecule has 3 heteroatoms. The van der Waals surface area contributed by atoms with Crippen molar-refractivity contribution in [3.63, 3.8) is 0 Å². The Morgan fingerprint density at radius 2 is 2.38 bits per heavy atom. The van der Waals surface area contributed by atoms with Crippen molar-refractivity contribution in [2.75, 3.05) is 12.0 Å². The van der Waals surface area contributed by atoms with Crippen LogP contribution in [0, 0.1) is 5.92 Å². The van der Waals surface area contributed by atoms with Crippen molar-refractivity contribution < 1.29 is 4.21 Å². The highest BCUT2D eigenvalue weighted by molar-refractivity contribution is 7.84. The third kappa shape index (κ3) is 4.28. The molecule has 0 bridgehead atoms. The molecule has 0 saturated carbocycles. The minimum atomic E-state index is -0.674. The Hall–Kier alpha value is 0.180. The second kappa shape index (κ2) is 5.16. The van der Waals surface area contributed by atoms with E-state index in [0.29, 0.717) is 5.92 Å². The lowest BCUT2D eigenvalue weighted by atomic mass is 9.89. The van der Waals surface area contributed by atoms with Crippen LogP contribution in [0.5, 0.6) is 0 Å². The summed E-state index contributed by atoms with van der Waals surface area (Å²) in [7, 11) is -0.674. The molecule has 0 radical (unpaired) electrons. The molecule has 0 aromatic heterocycles. The molecule has 0 spiro atoms. The molecule has 13 heavy (non-hydrogen) atoms.